The number of Topliss-reactive ketones (excluding diaryl/α,β-unsaturated/α-hetero) is 1. The van der Waals surface area contributed by atoms with E-state index in [2.05, 4.69) is 10.3 Å². The summed E-state index contributed by atoms with van der Waals surface area (Å²) in [5, 5.41) is 7.63. The monoisotopic (exact) mass is 259 g/mol. The predicted octanol–water partition coefficient (Wildman–Crippen LogP) is 2.12. The summed E-state index contributed by atoms with van der Waals surface area (Å²) in [5.74, 6) is 0.894. The summed E-state index contributed by atoms with van der Waals surface area (Å²) in [4.78, 5) is 12.1. The minimum absolute atomic E-state index is 0.0719. The van der Waals surface area contributed by atoms with Crippen LogP contribution in [0.5, 0.6) is 5.75 Å². The summed E-state index contributed by atoms with van der Waals surface area (Å²) in [7, 11) is 1.64. The smallest absolute Gasteiger partial charge is 0.182 e. The lowest BCUT2D eigenvalue weighted by atomic mass is 10.1. The molecule has 0 atom stereocenters. The van der Waals surface area contributed by atoms with E-state index < -0.39 is 0 Å². The highest BCUT2D eigenvalue weighted by Gasteiger charge is 2.12. The molecule has 2 aromatic rings. The van der Waals surface area contributed by atoms with Gasteiger partial charge in [-0.3, -0.25) is 4.79 Å². The van der Waals surface area contributed by atoms with Crippen LogP contribution in [0, 0.1) is 0 Å². The Kier molecular flexibility index (Phi) is 4.28. The number of rotatable bonds is 6. The topological polar surface area (TPSA) is 57.0 Å². The summed E-state index contributed by atoms with van der Waals surface area (Å²) in [6.45, 7) is 2.60. The van der Waals surface area contributed by atoms with Crippen molar-refractivity contribution in [3.05, 3.63) is 41.7 Å². The number of ether oxygens (including phenoxy) is 1. The molecule has 0 saturated carbocycles. The van der Waals surface area contributed by atoms with Gasteiger partial charge in [-0.05, 0) is 31.0 Å². The zero-order valence-electron chi connectivity index (χ0n) is 11.2. The number of methoxy groups -OCH3 is 1. The number of carbonyl (C=O) groups excluding carboxylic acids is 1. The highest BCUT2D eigenvalue weighted by molar-refractivity contribution is 5.94. The molecule has 5 nitrogen and oxygen atoms in total. The Morgan fingerprint density at radius 2 is 2.05 bits per heavy atom. The van der Waals surface area contributed by atoms with Crippen molar-refractivity contribution in [1.82, 2.24) is 15.0 Å². The maximum Gasteiger partial charge on any atom is 0.182 e. The van der Waals surface area contributed by atoms with E-state index in [0.717, 1.165) is 11.3 Å². The predicted molar refractivity (Wildman–Crippen MR) is 71.3 cm³/mol. The Morgan fingerprint density at radius 1 is 1.32 bits per heavy atom. The third-order valence-corrected chi connectivity index (χ3v) is 3.00. The molecule has 0 unspecified atom stereocenters. The number of hydrogen-bond donors (Lipinski definition) is 0. The van der Waals surface area contributed by atoms with Crippen molar-refractivity contribution in [1.29, 1.82) is 0 Å². The first-order valence-corrected chi connectivity index (χ1v) is 6.29. The first-order chi connectivity index (χ1) is 9.24. The molecule has 19 heavy (non-hydrogen) atoms. The van der Waals surface area contributed by atoms with E-state index in [1.165, 1.54) is 6.20 Å². The number of ketones is 1. The first-order valence-electron chi connectivity index (χ1n) is 6.29. The number of aryl methyl sites for hydroxylation is 2. The van der Waals surface area contributed by atoms with Gasteiger partial charge in [-0.1, -0.05) is 17.3 Å². The number of benzene rings is 1. The average molecular weight is 259 g/mol. The van der Waals surface area contributed by atoms with E-state index in [-0.39, 0.29) is 5.78 Å². The summed E-state index contributed by atoms with van der Waals surface area (Å²) >= 11 is 0. The Balaban J connectivity index is 1.96. The number of hydrogen-bond acceptors (Lipinski definition) is 4. The Bertz CT molecular complexity index is 546. The van der Waals surface area contributed by atoms with Gasteiger partial charge < -0.3 is 4.74 Å². The molecule has 0 aliphatic heterocycles. The van der Waals surface area contributed by atoms with Gasteiger partial charge in [-0.15, -0.1) is 5.10 Å². The molecule has 0 aliphatic carbocycles. The Morgan fingerprint density at radius 3 is 2.68 bits per heavy atom. The quantitative estimate of drug-likeness (QED) is 0.746. The van der Waals surface area contributed by atoms with Crippen LogP contribution in [0.1, 0.15) is 29.4 Å². The van der Waals surface area contributed by atoms with Gasteiger partial charge in [0.25, 0.3) is 0 Å². The summed E-state index contributed by atoms with van der Waals surface area (Å²) < 4.78 is 6.72. The molecule has 100 valence electrons. The van der Waals surface area contributed by atoms with E-state index >= 15 is 0 Å². The van der Waals surface area contributed by atoms with Crippen LogP contribution in [0.15, 0.2) is 30.5 Å². The molecule has 0 aliphatic rings. The SMILES string of the molecule is CCn1nncc1C(=O)CCc1ccc(OC)cc1. The molecule has 5 heteroatoms. The van der Waals surface area contributed by atoms with Gasteiger partial charge in [0, 0.05) is 13.0 Å². The van der Waals surface area contributed by atoms with Gasteiger partial charge >= 0.3 is 0 Å². The van der Waals surface area contributed by atoms with Gasteiger partial charge in [0.15, 0.2) is 5.78 Å². The van der Waals surface area contributed by atoms with Gasteiger partial charge in [0.05, 0.1) is 13.3 Å². The molecule has 0 bridgehead atoms. The van der Waals surface area contributed by atoms with E-state index in [4.69, 9.17) is 4.74 Å². The third-order valence-electron chi connectivity index (χ3n) is 3.00. The summed E-state index contributed by atoms with van der Waals surface area (Å²) in [6, 6.07) is 7.75. The average Bonchev–Trinajstić information content (AvgIpc) is 2.93. The minimum atomic E-state index is 0.0719. The van der Waals surface area contributed by atoms with Crippen LogP contribution in [0.2, 0.25) is 0 Å². The molecule has 0 radical (unpaired) electrons. The van der Waals surface area contributed by atoms with E-state index in [0.29, 0.717) is 25.1 Å². The van der Waals surface area contributed by atoms with E-state index in [9.17, 15) is 4.79 Å². The second kappa shape index (κ2) is 6.13. The van der Waals surface area contributed by atoms with E-state index in [1.54, 1.807) is 11.8 Å². The number of aromatic nitrogens is 3. The standard InChI is InChI=1S/C14H17N3O2/c1-3-17-13(10-15-16-17)14(18)9-6-11-4-7-12(19-2)8-5-11/h4-5,7-8,10H,3,6,9H2,1-2H3. The van der Waals surface area contributed by atoms with Crippen molar-refractivity contribution in [2.75, 3.05) is 7.11 Å². The summed E-state index contributed by atoms with van der Waals surface area (Å²) in [6.07, 6.45) is 2.69. The fourth-order valence-electron chi connectivity index (χ4n) is 1.89. The van der Waals surface area contributed by atoms with Gasteiger partial charge in [0.1, 0.15) is 11.4 Å². The molecule has 0 saturated heterocycles. The fraction of sp³-hybridized carbons (Fsp3) is 0.357. The molecule has 0 fully saturated rings. The largest absolute Gasteiger partial charge is 0.497 e. The second-order valence-corrected chi connectivity index (χ2v) is 4.21. The van der Waals surface area contributed by atoms with Crippen LogP contribution in [0.4, 0.5) is 0 Å². The van der Waals surface area contributed by atoms with Crippen molar-refractivity contribution >= 4 is 5.78 Å². The van der Waals surface area contributed by atoms with Crippen molar-refractivity contribution in [3.8, 4) is 5.75 Å². The molecule has 0 spiro atoms. The first kappa shape index (κ1) is 13.3. The van der Waals surface area contributed by atoms with Crippen molar-refractivity contribution < 1.29 is 9.53 Å². The fourth-order valence-corrected chi connectivity index (χ4v) is 1.89. The van der Waals surface area contributed by atoms with Crippen molar-refractivity contribution in [2.45, 2.75) is 26.3 Å². The Hall–Kier alpha value is -2.17. The number of nitrogens with zero attached hydrogens (tertiary/aromatic N) is 3. The van der Waals surface area contributed by atoms with Crippen LogP contribution in [0.25, 0.3) is 0 Å². The minimum Gasteiger partial charge on any atom is -0.497 e. The van der Waals surface area contributed by atoms with E-state index in [1.807, 2.05) is 31.2 Å². The molecule has 0 amide bonds. The molecular formula is C14H17N3O2. The van der Waals surface area contributed by atoms with Crippen LogP contribution in [-0.2, 0) is 13.0 Å². The number of carbonyl (C=O) groups is 1. The molecule has 2 rings (SSSR count). The molecule has 1 heterocycles. The van der Waals surface area contributed by atoms with Gasteiger partial charge in [-0.25, -0.2) is 4.68 Å². The van der Waals surface area contributed by atoms with Crippen LogP contribution >= 0.6 is 0 Å². The van der Waals surface area contributed by atoms with Crippen molar-refractivity contribution in [3.63, 3.8) is 0 Å². The van der Waals surface area contributed by atoms with Crippen LogP contribution in [-0.4, -0.2) is 27.9 Å². The maximum absolute atomic E-state index is 12.1. The molecular weight excluding hydrogens is 242 g/mol. The lowest BCUT2D eigenvalue weighted by molar-refractivity contribution is 0.0972. The highest BCUT2D eigenvalue weighted by Crippen LogP contribution is 2.13. The van der Waals surface area contributed by atoms with Crippen LogP contribution in [0.3, 0.4) is 0 Å². The summed E-state index contributed by atoms with van der Waals surface area (Å²) in [5.41, 5.74) is 1.70. The maximum atomic E-state index is 12.1. The zero-order valence-corrected chi connectivity index (χ0v) is 11.2. The molecule has 0 N–H and O–H groups in total. The normalized spacial score (nSPS) is 10.4. The Labute approximate surface area is 112 Å². The zero-order chi connectivity index (χ0) is 13.7. The van der Waals surface area contributed by atoms with Crippen LogP contribution < -0.4 is 4.74 Å². The molecule has 1 aromatic carbocycles. The molecule has 1 aromatic heterocycles. The third kappa shape index (κ3) is 3.19. The van der Waals surface area contributed by atoms with Gasteiger partial charge in [0.2, 0.25) is 0 Å². The lowest BCUT2D eigenvalue weighted by Gasteiger charge is -2.04. The highest BCUT2D eigenvalue weighted by atomic mass is 16.5. The van der Waals surface area contributed by atoms with Crippen molar-refractivity contribution in [2.24, 2.45) is 0 Å². The van der Waals surface area contributed by atoms with Gasteiger partial charge in [-0.2, -0.15) is 0 Å². The lowest BCUT2D eigenvalue weighted by Crippen LogP contribution is -2.10. The second-order valence-electron chi connectivity index (χ2n) is 4.21.